The molecule has 166 valence electrons. The predicted octanol–water partition coefficient (Wildman–Crippen LogP) is 3.71. The highest BCUT2D eigenvalue weighted by atomic mass is 32.2. The number of carbonyl (C=O) groups is 1. The van der Waals surface area contributed by atoms with Crippen molar-refractivity contribution < 1.29 is 17.6 Å². The van der Waals surface area contributed by atoms with E-state index in [0.717, 1.165) is 27.7 Å². The highest BCUT2D eigenvalue weighted by molar-refractivity contribution is 7.92. The van der Waals surface area contributed by atoms with E-state index in [9.17, 15) is 22.4 Å². The molecule has 0 aliphatic heterocycles. The number of nitrogens with zero attached hydrogens (tertiary/aromatic N) is 3. The molecule has 0 bridgehead atoms. The largest absolute Gasteiger partial charge is 0.333 e. The number of pyridine rings is 2. The minimum atomic E-state index is -4.20. The van der Waals surface area contributed by atoms with Crippen molar-refractivity contribution in [3.05, 3.63) is 75.9 Å². The van der Waals surface area contributed by atoms with Crippen LogP contribution in [0.2, 0.25) is 0 Å². The zero-order valence-corrected chi connectivity index (χ0v) is 18.8. The third-order valence-electron chi connectivity index (χ3n) is 4.65. The van der Waals surface area contributed by atoms with Crippen LogP contribution < -0.4 is 15.6 Å². The molecule has 5 rings (SSSR count). The van der Waals surface area contributed by atoms with Crippen LogP contribution in [-0.4, -0.2) is 29.0 Å². The van der Waals surface area contributed by atoms with E-state index in [1.165, 1.54) is 34.2 Å². The Morgan fingerprint density at radius 2 is 1.94 bits per heavy atom. The fourth-order valence-corrected chi connectivity index (χ4v) is 5.76. The number of amides is 2. The number of sulfonamides is 1. The first-order valence-electron chi connectivity index (χ1n) is 9.24. The number of hydrogen-bond donors (Lipinski definition) is 2. The van der Waals surface area contributed by atoms with Crippen LogP contribution in [-0.2, 0) is 10.0 Å². The quantitative estimate of drug-likeness (QED) is 0.387. The molecule has 0 saturated carbocycles. The zero-order valence-electron chi connectivity index (χ0n) is 16.4. The minimum absolute atomic E-state index is 0.198. The van der Waals surface area contributed by atoms with Gasteiger partial charge in [-0.05, 0) is 47.9 Å². The van der Waals surface area contributed by atoms with E-state index >= 15 is 0 Å². The van der Waals surface area contributed by atoms with E-state index in [1.807, 2.05) is 6.07 Å². The van der Waals surface area contributed by atoms with Crippen molar-refractivity contribution in [3.8, 4) is 5.82 Å². The maximum atomic E-state index is 13.1. The third-order valence-corrected chi connectivity index (χ3v) is 8.14. The van der Waals surface area contributed by atoms with Crippen LogP contribution in [0.5, 0.6) is 0 Å². The lowest BCUT2D eigenvalue weighted by molar-refractivity contribution is 0.256. The molecule has 0 unspecified atom stereocenters. The number of carbonyl (C=O) groups excluding carboxylic acids is 1. The minimum Gasteiger partial charge on any atom is -0.306 e. The number of thiazole rings is 1. The number of anilines is 1. The van der Waals surface area contributed by atoms with E-state index in [-0.39, 0.29) is 15.5 Å². The van der Waals surface area contributed by atoms with Crippen LogP contribution in [0.25, 0.3) is 26.8 Å². The molecular weight excluding hydrogens is 489 g/mol. The topological polar surface area (TPSA) is 123 Å². The Kier molecular flexibility index (Phi) is 5.15. The molecule has 0 saturated heterocycles. The van der Waals surface area contributed by atoms with Gasteiger partial charge in [0.05, 0.1) is 27.6 Å². The Morgan fingerprint density at radius 3 is 2.67 bits per heavy atom. The summed E-state index contributed by atoms with van der Waals surface area (Å²) in [6.07, 6.45) is 2.88. The molecule has 0 spiro atoms. The summed E-state index contributed by atoms with van der Waals surface area (Å²) in [5.41, 5.74) is 2.48. The first-order chi connectivity index (χ1) is 15.8. The SMILES string of the molecule is O=C(Nc1ccc(-n2ccc3cc4ncsc4cc3c2=O)nc1)NS(=O)(=O)c1ccc(F)s1. The van der Waals surface area contributed by atoms with Crippen LogP contribution >= 0.6 is 22.7 Å². The number of fused-ring (bicyclic) bond motifs is 2. The molecule has 1 aromatic carbocycles. The molecule has 0 aliphatic carbocycles. The average molecular weight is 502 g/mol. The van der Waals surface area contributed by atoms with Gasteiger partial charge in [0.15, 0.2) is 5.13 Å². The van der Waals surface area contributed by atoms with Gasteiger partial charge in [-0.1, -0.05) is 11.3 Å². The van der Waals surface area contributed by atoms with Crippen molar-refractivity contribution in [1.29, 1.82) is 0 Å². The Morgan fingerprint density at radius 1 is 1.09 bits per heavy atom. The van der Waals surface area contributed by atoms with E-state index in [0.29, 0.717) is 22.5 Å². The highest BCUT2D eigenvalue weighted by Gasteiger charge is 2.20. The van der Waals surface area contributed by atoms with E-state index in [1.54, 1.807) is 28.6 Å². The van der Waals surface area contributed by atoms with Gasteiger partial charge >= 0.3 is 6.03 Å². The number of urea groups is 1. The molecular formula is C20H12FN5O4S3. The summed E-state index contributed by atoms with van der Waals surface area (Å²) >= 11 is 1.84. The lowest BCUT2D eigenvalue weighted by Gasteiger charge is -2.09. The molecule has 0 atom stereocenters. The maximum Gasteiger partial charge on any atom is 0.333 e. The normalized spacial score (nSPS) is 11.7. The summed E-state index contributed by atoms with van der Waals surface area (Å²) in [5.74, 6) is 0.318. The second kappa shape index (κ2) is 8.03. The Balaban J connectivity index is 1.36. The average Bonchev–Trinajstić information content (AvgIpc) is 3.42. The molecule has 0 aliphatic rings. The molecule has 0 fully saturated rings. The fraction of sp³-hybridized carbons (Fsp3) is 0. The third kappa shape index (κ3) is 4.08. The second-order valence-corrected chi connectivity index (χ2v) is 10.6. The van der Waals surface area contributed by atoms with Gasteiger partial charge in [-0.2, -0.15) is 4.39 Å². The lowest BCUT2D eigenvalue weighted by Crippen LogP contribution is -2.34. The Bertz CT molecular complexity index is 1690. The van der Waals surface area contributed by atoms with Crippen LogP contribution in [0.1, 0.15) is 0 Å². The second-order valence-electron chi connectivity index (χ2n) is 6.77. The maximum absolute atomic E-state index is 13.1. The van der Waals surface area contributed by atoms with Gasteiger partial charge in [-0.3, -0.25) is 9.36 Å². The number of aromatic nitrogens is 3. The molecule has 2 N–H and O–H groups in total. The number of halogens is 1. The summed E-state index contributed by atoms with van der Waals surface area (Å²) in [5, 5.41) is 2.94. The molecule has 4 aromatic heterocycles. The van der Waals surface area contributed by atoms with Crippen molar-refractivity contribution in [3.63, 3.8) is 0 Å². The number of nitrogens with one attached hydrogen (secondary N) is 2. The first kappa shape index (κ1) is 21.2. The van der Waals surface area contributed by atoms with E-state index < -0.39 is 21.2 Å². The number of thiophene rings is 1. The Labute approximate surface area is 193 Å². The van der Waals surface area contributed by atoms with Gasteiger partial charge in [0.2, 0.25) is 0 Å². The standard InChI is InChI=1S/C20H12FN5O4S3/c21-16-2-4-18(32-16)33(29,30)25-20(28)24-12-1-3-17(22-9-12)26-6-5-11-7-14-15(31-10-23-14)8-13(11)19(26)27/h1-10H,(H2,24,25,28). The van der Waals surface area contributed by atoms with Gasteiger partial charge < -0.3 is 5.32 Å². The smallest absolute Gasteiger partial charge is 0.306 e. The summed E-state index contributed by atoms with van der Waals surface area (Å²) in [6.45, 7) is 0. The van der Waals surface area contributed by atoms with Crippen molar-refractivity contribution in [2.45, 2.75) is 4.21 Å². The molecule has 13 heteroatoms. The Hall–Kier alpha value is -3.68. The van der Waals surface area contributed by atoms with Crippen LogP contribution in [0.4, 0.5) is 14.9 Å². The molecule has 0 radical (unpaired) electrons. The summed E-state index contributed by atoms with van der Waals surface area (Å²) in [6, 6.07) is 9.44. The van der Waals surface area contributed by atoms with Crippen molar-refractivity contribution in [2.75, 3.05) is 5.32 Å². The van der Waals surface area contributed by atoms with Gasteiger partial charge in [-0.25, -0.2) is 27.9 Å². The van der Waals surface area contributed by atoms with Gasteiger partial charge in [0.1, 0.15) is 10.0 Å². The highest BCUT2D eigenvalue weighted by Crippen LogP contribution is 2.23. The van der Waals surface area contributed by atoms with E-state index in [2.05, 4.69) is 15.3 Å². The van der Waals surface area contributed by atoms with E-state index in [4.69, 9.17) is 0 Å². The van der Waals surface area contributed by atoms with Crippen molar-refractivity contribution in [2.24, 2.45) is 0 Å². The van der Waals surface area contributed by atoms with Crippen LogP contribution in [0, 0.1) is 5.13 Å². The van der Waals surface area contributed by atoms with Crippen LogP contribution in [0.3, 0.4) is 0 Å². The summed E-state index contributed by atoms with van der Waals surface area (Å²) in [7, 11) is -4.20. The summed E-state index contributed by atoms with van der Waals surface area (Å²) in [4.78, 5) is 33.5. The summed E-state index contributed by atoms with van der Waals surface area (Å²) < 4.78 is 41.0. The number of benzene rings is 1. The lowest BCUT2D eigenvalue weighted by atomic mass is 10.1. The number of rotatable bonds is 4. The fourth-order valence-electron chi connectivity index (χ4n) is 3.15. The predicted molar refractivity (Wildman–Crippen MR) is 124 cm³/mol. The monoisotopic (exact) mass is 501 g/mol. The van der Waals surface area contributed by atoms with Crippen molar-refractivity contribution in [1.82, 2.24) is 19.3 Å². The molecule has 2 amide bonds. The van der Waals surface area contributed by atoms with Crippen molar-refractivity contribution >= 4 is 65.4 Å². The van der Waals surface area contributed by atoms with Crippen LogP contribution in [0.15, 0.2) is 69.4 Å². The van der Waals surface area contributed by atoms with Gasteiger partial charge in [-0.15, -0.1) is 11.3 Å². The van der Waals surface area contributed by atoms with Gasteiger partial charge in [0.25, 0.3) is 15.6 Å². The molecule has 9 nitrogen and oxygen atoms in total. The zero-order chi connectivity index (χ0) is 23.2. The molecule has 4 heterocycles. The molecule has 33 heavy (non-hydrogen) atoms. The first-order valence-corrected chi connectivity index (χ1v) is 12.4. The number of hydrogen-bond acceptors (Lipinski definition) is 8. The molecule has 5 aromatic rings. The van der Waals surface area contributed by atoms with Gasteiger partial charge in [0, 0.05) is 11.6 Å².